The van der Waals surface area contributed by atoms with Gasteiger partial charge in [0.15, 0.2) is 0 Å². The van der Waals surface area contributed by atoms with E-state index in [1.807, 2.05) is 42.5 Å². The van der Waals surface area contributed by atoms with Crippen LogP contribution in [0.1, 0.15) is 62.0 Å². The van der Waals surface area contributed by atoms with E-state index in [2.05, 4.69) is 32.7 Å². The number of nitrogens with one attached hydrogen (secondary N) is 3. The summed E-state index contributed by atoms with van der Waals surface area (Å²) in [6.07, 6.45) is 0.771. The average Bonchev–Trinajstić information content (AvgIpc) is 3.81. The van der Waals surface area contributed by atoms with Gasteiger partial charge in [-0.1, -0.05) is 91.0 Å². The number of hydrogen-bond donors (Lipinski definition) is 6. The maximum absolute atomic E-state index is 15.2. The maximum atomic E-state index is 15.2. The number of rotatable bonds is 16. The van der Waals surface area contributed by atoms with E-state index < -0.39 is 29.4 Å². The van der Waals surface area contributed by atoms with Crippen molar-refractivity contribution in [1.82, 2.24) is 20.5 Å². The molecule has 6 N–H and O–H groups in total. The molecule has 0 saturated carbocycles. The number of piperidine rings is 1. The van der Waals surface area contributed by atoms with E-state index in [0.717, 1.165) is 47.8 Å². The smallest absolute Gasteiger partial charge is 0.347 e. The molecule has 1 aliphatic heterocycles. The predicted octanol–water partition coefficient (Wildman–Crippen LogP) is 7.55. The number of aliphatic hydroxyl groups is 2. The quantitative estimate of drug-likeness (QED) is 0.0539. The van der Waals surface area contributed by atoms with E-state index in [-0.39, 0.29) is 54.5 Å². The van der Waals surface area contributed by atoms with Crippen molar-refractivity contribution in [2.75, 3.05) is 26.2 Å². The number of carbonyl (C=O) groups is 2. The summed E-state index contributed by atoms with van der Waals surface area (Å²) >= 11 is 1.45. The summed E-state index contributed by atoms with van der Waals surface area (Å²) in [5.41, 5.74) is 1.56. The van der Waals surface area contributed by atoms with E-state index in [1.165, 1.54) is 53.3 Å². The van der Waals surface area contributed by atoms with Gasteiger partial charge in [0.2, 0.25) is 11.2 Å². The number of hydrogen-bond acceptors (Lipinski definition) is 10. The zero-order chi connectivity index (χ0) is 44.6. The number of phenolic OH excluding ortho intramolecular Hbond substituents is 1. The molecule has 0 unspecified atom stereocenters. The highest BCUT2D eigenvalue weighted by molar-refractivity contribution is 7.15. The van der Waals surface area contributed by atoms with Crippen LogP contribution in [0.3, 0.4) is 0 Å². The van der Waals surface area contributed by atoms with Gasteiger partial charge < -0.3 is 35.7 Å². The molecule has 1 saturated heterocycles. The van der Waals surface area contributed by atoms with Crippen LogP contribution >= 0.6 is 11.3 Å². The molecule has 7 aromatic rings. The number of benzene rings is 5. The van der Waals surface area contributed by atoms with Crippen molar-refractivity contribution in [2.24, 2.45) is 5.92 Å². The Morgan fingerprint density at radius 3 is 2.38 bits per heavy atom. The van der Waals surface area contributed by atoms with Gasteiger partial charge in [-0.05, 0) is 96.6 Å². The van der Waals surface area contributed by atoms with E-state index in [9.17, 15) is 29.7 Å². The fourth-order valence-electron chi connectivity index (χ4n) is 8.16. The van der Waals surface area contributed by atoms with Crippen molar-refractivity contribution in [3.8, 4) is 16.2 Å². The molecule has 2 atom stereocenters. The number of ether oxygens (including phenoxy) is 1. The molecule has 0 aliphatic carbocycles. The van der Waals surface area contributed by atoms with Gasteiger partial charge in [-0.3, -0.25) is 14.5 Å². The monoisotopic (exact) mass is 880 g/mol. The molecule has 8 rings (SSSR count). The number of carbonyl (C=O) groups excluding carboxylic acids is 2. The number of pyridine rings is 1. The van der Waals surface area contributed by atoms with Crippen LogP contribution in [-0.4, -0.2) is 63.3 Å². The zero-order valence-electron chi connectivity index (χ0n) is 35.0. The van der Waals surface area contributed by atoms with Crippen molar-refractivity contribution in [1.29, 1.82) is 0 Å². The van der Waals surface area contributed by atoms with Crippen LogP contribution in [0.25, 0.3) is 21.3 Å². The molecule has 328 valence electrons. The summed E-state index contributed by atoms with van der Waals surface area (Å²) in [6, 6.07) is 40.3. The molecule has 3 heterocycles. The molecule has 5 aromatic carbocycles. The number of H-pyrrole nitrogens is 1. The number of fused-ring (bicyclic) bond motifs is 1. The third-order valence-corrected chi connectivity index (χ3v) is 12.9. The first-order valence-corrected chi connectivity index (χ1v) is 22.1. The highest BCUT2D eigenvalue weighted by Crippen LogP contribution is 2.36. The Kier molecular flexibility index (Phi) is 13.7. The number of halogens is 1. The molecule has 0 spiro atoms. The summed E-state index contributed by atoms with van der Waals surface area (Å²) < 4.78 is 21.1. The Bertz CT molecular complexity index is 2790. The lowest BCUT2D eigenvalue weighted by Crippen LogP contribution is -2.40. The lowest BCUT2D eigenvalue weighted by Gasteiger charge is -2.33. The molecule has 11 nitrogen and oxygen atoms in total. The fourth-order valence-corrected chi connectivity index (χ4v) is 9.11. The lowest BCUT2D eigenvalue weighted by molar-refractivity contribution is -0.164. The number of aromatic nitrogens is 1. The minimum atomic E-state index is -2.05. The number of esters is 1. The molecule has 1 fully saturated rings. The van der Waals surface area contributed by atoms with Gasteiger partial charge in [0.25, 0.3) is 5.91 Å². The van der Waals surface area contributed by atoms with Crippen LogP contribution in [-0.2, 0) is 34.8 Å². The van der Waals surface area contributed by atoms with Crippen LogP contribution in [0.15, 0.2) is 144 Å². The highest BCUT2D eigenvalue weighted by atomic mass is 32.1. The Balaban J connectivity index is 0.861. The van der Waals surface area contributed by atoms with E-state index in [0.29, 0.717) is 27.6 Å². The Morgan fingerprint density at radius 1 is 0.859 bits per heavy atom. The van der Waals surface area contributed by atoms with Crippen molar-refractivity contribution >= 4 is 34.1 Å². The van der Waals surface area contributed by atoms with Gasteiger partial charge in [-0.15, -0.1) is 11.3 Å². The van der Waals surface area contributed by atoms with Gasteiger partial charge in [0, 0.05) is 57.5 Å². The molecule has 0 bridgehead atoms. The molecular formula is C51H49FN4O7S. The van der Waals surface area contributed by atoms with Crippen LogP contribution in [0, 0.1) is 11.7 Å². The molecule has 2 aromatic heterocycles. The molecule has 64 heavy (non-hydrogen) atoms. The number of thiophene rings is 1. The van der Waals surface area contributed by atoms with Crippen molar-refractivity contribution in [2.45, 2.75) is 44.2 Å². The summed E-state index contributed by atoms with van der Waals surface area (Å²) in [7, 11) is 0. The van der Waals surface area contributed by atoms with E-state index in [4.69, 9.17) is 4.74 Å². The highest BCUT2D eigenvalue weighted by Gasteiger charge is 2.42. The summed E-state index contributed by atoms with van der Waals surface area (Å²) in [5.74, 6) is -1.68. The van der Waals surface area contributed by atoms with Crippen molar-refractivity contribution < 1.29 is 34.0 Å². The maximum Gasteiger partial charge on any atom is 0.347 e. The molecule has 1 amide bonds. The van der Waals surface area contributed by atoms with Gasteiger partial charge in [-0.2, -0.15) is 0 Å². The fraction of sp³-hybridized carbons (Fsp3) is 0.235. The lowest BCUT2D eigenvalue weighted by atomic mass is 9.85. The van der Waals surface area contributed by atoms with Crippen LogP contribution < -0.4 is 16.2 Å². The Labute approximate surface area is 373 Å². The van der Waals surface area contributed by atoms with Gasteiger partial charge >= 0.3 is 5.97 Å². The largest absolute Gasteiger partial charge is 0.506 e. The number of aliphatic hydroxyl groups excluding tert-OH is 1. The number of nitrogens with zero attached hydrogens (tertiary/aromatic N) is 1. The van der Waals surface area contributed by atoms with Crippen molar-refractivity contribution in [3.05, 3.63) is 194 Å². The van der Waals surface area contributed by atoms with Crippen LogP contribution in [0.2, 0.25) is 0 Å². The minimum absolute atomic E-state index is 0.0597. The van der Waals surface area contributed by atoms with E-state index >= 15 is 4.39 Å². The number of phenols is 1. The van der Waals surface area contributed by atoms with Crippen LogP contribution in [0.4, 0.5) is 4.39 Å². The first kappa shape index (κ1) is 44.1. The van der Waals surface area contributed by atoms with Gasteiger partial charge in [0.1, 0.15) is 11.6 Å². The third-order valence-electron chi connectivity index (χ3n) is 11.8. The third kappa shape index (κ3) is 10.1. The number of aromatic amines is 1. The zero-order valence-corrected chi connectivity index (χ0v) is 35.8. The predicted molar refractivity (Wildman–Crippen MR) is 245 cm³/mol. The Hall–Kier alpha value is -6.48. The summed E-state index contributed by atoms with van der Waals surface area (Å²) in [5, 5.41) is 39.7. The first-order valence-electron chi connectivity index (χ1n) is 21.3. The van der Waals surface area contributed by atoms with E-state index in [1.54, 1.807) is 48.5 Å². The average molecular weight is 881 g/mol. The van der Waals surface area contributed by atoms with Gasteiger partial charge in [0.05, 0.1) is 24.8 Å². The molecule has 1 aliphatic rings. The number of aromatic hydroxyl groups is 1. The standard InChI is InChI=1S/C51H49FN4O7S/c52-43-27-36(14-15-37(43)28-53-30-45(58)41-17-19-44(57)48-42(41)18-21-47(59)55-48)49(60)54-29-40-16-20-46(64-40)35-10-7-13-39(26-35)51(62,38-11-5-2-6-12-38)50(61)63-32-34-22-24-56(25-23-34)31-33-8-3-1-4-9-33/h1-21,26-27,34,45,53,57-58,62H,22-25,28-32H2,(H,54,60)(H,55,59)/t45-,51-/m0/s1. The van der Waals surface area contributed by atoms with Gasteiger partial charge in [-0.25, -0.2) is 9.18 Å². The number of likely N-dealkylation sites (tertiary alicyclic amines) is 1. The van der Waals surface area contributed by atoms with Crippen LogP contribution in [0.5, 0.6) is 5.75 Å². The second-order valence-corrected chi connectivity index (χ2v) is 17.3. The normalized spacial score (nSPS) is 14.8. The first-order chi connectivity index (χ1) is 31.0. The molecule has 0 radical (unpaired) electrons. The summed E-state index contributed by atoms with van der Waals surface area (Å²) in [4.78, 5) is 45.5. The molecule has 13 heteroatoms. The SMILES string of the molecule is O=C(NCc1ccc(-c2cccc([C@](O)(C(=O)OCC3CCN(Cc4ccccc4)CC3)c3ccccc3)c2)s1)c1ccc(CNC[C@H](O)c2ccc(O)c3[nH]c(=O)ccc23)c(F)c1. The summed E-state index contributed by atoms with van der Waals surface area (Å²) in [6.45, 7) is 3.25. The second kappa shape index (κ2) is 19.9. The van der Waals surface area contributed by atoms with Crippen molar-refractivity contribution in [3.63, 3.8) is 0 Å². The Morgan fingerprint density at radius 2 is 1.61 bits per heavy atom. The second-order valence-electron chi connectivity index (χ2n) is 16.1. The molecular weight excluding hydrogens is 832 g/mol. The minimum Gasteiger partial charge on any atom is -0.506 e. The topological polar surface area (TPSA) is 164 Å². The number of amides is 1.